The number of carbonyl (C=O) groups excluding carboxylic acids is 4. The Morgan fingerprint density at radius 2 is 1.84 bits per heavy atom. The van der Waals surface area contributed by atoms with Crippen molar-refractivity contribution >= 4 is 35.3 Å². The summed E-state index contributed by atoms with van der Waals surface area (Å²) in [6, 6.07) is 5.93. The summed E-state index contributed by atoms with van der Waals surface area (Å²) < 4.78 is 9.74. The standard InChI is InChI=1S/C21H28N4O6/c1-14-6-8-21(9-7-14)18(27)25(19(28)24-21)13-17(26)22-15-4-3-5-16(12-15)23-20(29)31-11-10-30-2/h3-5,12,14H,6-11,13H2,1-2H3,(H,22,26)(H,23,29)(H,24,28). The van der Waals surface area contributed by atoms with E-state index in [0.717, 1.165) is 17.7 Å². The molecule has 31 heavy (non-hydrogen) atoms. The van der Waals surface area contributed by atoms with Crippen molar-refractivity contribution in [1.29, 1.82) is 0 Å². The fourth-order valence-electron chi connectivity index (χ4n) is 3.80. The van der Waals surface area contributed by atoms with Crippen LogP contribution in [0.1, 0.15) is 32.6 Å². The normalized spacial score (nSPS) is 22.9. The minimum absolute atomic E-state index is 0.116. The molecule has 1 aliphatic carbocycles. The lowest BCUT2D eigenvalue weighted by Crippen LogP contribution is -2.49. The Morgan fingerprint density at radius 1 is 1.16 bits per heavy atom. The molecule has 0 radical (unpaired) electrons. The van der Waals surface area contributed by atoms with Gasteiger partial charge in [0.15, 0.2) is 0 Å². The van der Waals surface area contributed by atoms with Crippen molar-refractivity contribution in [2.45, 2.75) is 38.1 Å². The number of ether oxygens (including phenoxy) is 2. The molecule has 5 amide bonds. The number of anilines is 2. The van der Waals surface area contributed by atoms with Crippen LogP contribution in [0.15, 0.2) is 24.3 Å². The molecule has 1 heterocycles. The van der Waals surface area contributed by atoms with Crippen LogP contribution in [0.25, 0.3) is 0 Å². The van der Waals surface area contributed by atoms with Gasteiger partial charge in [-0.2, -0.15) is 0 Å². The summed E-state index contributed by atoms with van der Waals surface area (Å²) >= 11 is 0. The number of benzene rings is 1. The van der Waals surface area contributed by atoms with E-state index in [1.54, 1.807) is 24.3 Å². The zero-order valence-corrected chi connectivity index (χ0v) is 17.7. The summed E-state index contributed by atoms with van der Waals surface area (Å²) in [7, 11) is 1.50. The van der Waals surface area contributed by atoms with Crippen molar-refractivity contribution in [3.63, 3.8) is 0 Å². The van der Waals surface area contributed by atoms with Crippen molar-refractivity contribution in [2.75, 3.05) is 37.5 Å². The fraction of sp³-hybridized carbons (Fsp3) is 0.524. The minimum Gasteiger partial charge on any atom is -0.447 e. The highest BCUT2D eigenvalue weighted by Crippen LogP contribution is 2.36. The predicted octanol–water partition coefficient (Wildman–Crippen LogP) is 2.32. The number of methoxy groups -OCH3 is 1. The Kier molecular flexibility index (Phi) is 7.11. The molecule has 1 spiro atoms. The van der Waals surface area contributed by atoms with Crippen molar-refractivity contribution in [2.24, 2.45) is 5.92 Å². The molecule has 0 unspecified atom stereocenters. The van der Waals surface area contributed by atoms with Gasteiger partial charge in [-0.25, -0.2) is 9.59 Å². The summed E-state index contributed by atoms with van der Waals surface area (Å²) in [5.41, 5.74) is -0.0462. The largest absolute Gasteiger partial charge is 0.447 e. The quantitative estimate of drug-likeness (QED) is 0.448. The van der Waals surface area contributed by atoms with Crippen LogP contribution in [-0.2, 0) is 19.1 Å². The molecule has 10 nitrogen and oxygen atoms in total. The molecular formula is C21H28N4O6. The molecule has 1 aliphatic heterocycles. The number of amides is 5. The van der Waals surface area contributed by atoms with Gasteiger partial charge in [-0.1, -0.05) is 13.0 Å². The van der Waals surface area contributed by atoms with Gasteiger partial charge in [0.2, 0.25) is 5.91 Å². The van der Waals surface area contributed by atoms with Crippen molar-refractivity contribution in [1.82, 2.24) is 10.2 Å². The minimum atomic E-state index is -0.878. The number of hydrogen-bond acceptors (Lipinski definition) is 6. The summed E-state index contributed by atoms with van der Waals surface area (Å²) in [5, 5.41) is 7.99. The molecule has 0 atom stereocenters. The predicted molar refractivity (Wildman–Crippen MR) is 113 cm³/mol. The highest BCUT2D eigenvalue weighted by atomic mass is 16.6. The van der Waals surface area contributed by atoms with E-state index in [-0.39, 0.29) is 25.7 Å². The molecule has 168 valence electrons. The van der Waals surface area contributed by atoms with E-state index in [2.05, 4.69) is 22.9 Å². The first-order valence-corrected chi connectivity index (χ1v) is 10.3. The molecule has 10 heteroatoms. The third-order valence-corrected chi connectivity index (χ3v) is 5.59. The van der Waals surface area contributed by atoms with Crippen molar-refractivity contribution in [3.8, 4) is 0 Å². The van der Waals surface area contributed by atoms with Gasteiger partial charge >= 0.3 is 12.1 Å². The molecule has 1 aromatic rings. The van der Waals surface area contributed by atoms with Crippen LogP contribution < -0.4 is 16.0 Å². The van der Waals surface area contributed by atoms with Gasteiger partial charge in [0.25, 0.3) is 5.91 Å². The first kappa shape index (κ1) is 22.5. The molecular weight excluding hydrogens is 404 g/mol. The number of imide groups is 1. The molecule has 2 aliphatic rings. The van der Waals surface area contributed by atoms with E-state index in [0.29, 0.717) is 30.1 Å². The Balaban J connectivity index is 1.55. The van der Waals surface area contributed by atoms with Gasteiger partial charge < -0.3 is 20.1 Å². The van der Waals surface area contributed by atoms with Crippen LogP contribution in [0.4, 0.5) is 21.0 Å². The first-order valence-electron chi connectivity index (χ1n) is 10.3. The summed E-state index contributed by atoms with van der Waals surface area (Å²) in [6.07, 6.45) is 2.25. The van der Waals surface area contributed by atoms with Crippen LogP contribution in [0.3, 0.4) is 0 Å². The maximum Gasteiger partial charge on any atom is 0.411 e. The average Bonchev–Trinajstić information content (AvgIpc) is 2.95. The monoisotopic (exact) mass is 432 g/mol. The van der Waals surface area contributed by atoms with Gasteiger partial charge in [0.05, 0.1) is 6.61 Å². The highest BCUT2D eigenvalue weighted by molar-refractivity contribution is 6.10. The highest BCUT2D eigenvalue weighted by Gasteiger charge is 2.52. The number of carbonyl (C=O) groups is 4. The molecule has 2 fully saturated rings. The third-order valence-electron chi connectivity index (χ3n) is 5.59. The number of nitrogens with one attached hydrogen (secondary N) is 3. The second kappa shape index (κ2) is 9.78. The molecule has 3 rings (SSSR count). The molecule has 3 N–H and O–H groups in total. The Labute approximate surface area is 180 Å². The summed E-state index contributed by atoms with van der Waals surface area (Å²) in [5.74, 6) is -0.329. The van der Waals surface area contributed by atoms with Gasteiger partial charge in [-0.15, -0.1) is 0 Å². The van der Waals surface area contributed by atoms with Crippen LogP contribution in [-0.4, -0.2) is 61.2 Å². The van der Waals surface area contributed by atoms with Crippen LogP contribution in [0.2, 0.25) is 0 Å². The second-order valence-electron chi connectivity index (χ2n) is 7.97. The van der Waals surface area contributed by atoms with Gasteiger partial charge in [0, 0.05) is 18.5 Å². The zero-order valence-electron chi connectivity index (χ0n) is 17.7. The first-order chi connectivity index (χ1) is 14.8. The zero-order chi connectivity index (χ0) is 22.4. The SMILES string of the molecule is COCCOC(=O)Nc1cccc(NC(=O)CN2C(=O)NC3(CCC(C)CC3)C2=O)c1. The van der Waals surface area contributed by atoms with Crippen LogP contribution in [0.5, 0.6) is 0 Å². The van der Waals surface area contributed by atoms with E-state index in [1.807, 2.05) is 0 Å². The lowest BCUT2D eigenvalue weighted by Gasteiger charge is -2.33. The van der Waals surface area contributed by atoms with Gasteiger partial charge in [-0.3, -0.25) is 19.8 Å². The van der Waals surface area contributed by atoms with Crippen LogP contribution in [0, 0.1) is 5.92 Å². The van der Waals surface area contributed by atoms with E-state index >= 15 is 0 Å². The summed E-state index contributed by atoms with van der Waals surface area (Å²) in [4.78, 5) is 50.4. The number of urea groups is 1. The molecule has 1 saturated carbocycles. The molecule has 1 saturated heterocycles. The summed E-state index contributed by atoms with van der Waals surface area (Å²) in [6.45, 7) is 2.15. The van der Waals surface area contributed by atoms with Crippen molar-refractivity contribution in [3.05, 3.63) is 24.3 Å². The Bertz CT molecular complexity index is 850. The van der Waals surface area contributed by atoms with E-state index in [4.69, 9.17) is 9.47 Å². The number of nitrogens with zero attached hydrogens (tertiary/aromatic N) is 1. The third kappa shape index (κ3) is 5.52. The van der Waals surface area contributed by atoms with Gasteiger partial charge in [-0.05, 0) is 49.8 Å². The van der Waals surface area contributed by atoms with E-state index < -0.39 is 23.6 Å². The Morgan fingerprint density at radius 3 is 2.52 bits per heavy atom. The fourth-order valence-corrected chi connectivity index (χ4v) is 3.80. The maximum atomic E-state index is 12.9. The molecule has 0 bridgehead atoms. The number of rotatable bonds is 7. The maximum absolute atomic E-state index is 12.9. The molecule has 1 aromatic carbocycles. The number of hydrogen-bond donors (Lipinski definition) is 3. The van der Waals surface area contributed by atoms with Crippen LogP contribution >= 0.6 is 0 Å². The van der Waals surface area contributed by atoms with Crippen molar-refractivity contribution < 1.29 is 28.7 Å². The smallest absolute Gasteiger partial charge is 0.411 e. The lowest BCUT2D eigenvalue weighted by molar-refractivity contribution is -0.135. The lowest BCUT2D eigenvalue weighted by atomic mass is 9.77. The Hall–Kier alpha value is -3.14. The topological polar surface area (TPSA) is 126 Å². The average molecular weight is 432 g/mol. The van der Waals surface area contributed by atoms with E-state index in [9.17, 15) is 19.2 Å². The van der Waals surface area contributed by atoms with E-state index in [1.165, 1.54) is 7.11 Å². The second-order valence-corrected chi connectivity index (χ2v) is 7.97. The molecule has 0 aromatic heterocycles. The van der Waals surface area contributed by atoms with Gasteiger partial charge in [0.1, 0.15) is 18.7 Å².